The molecule has 5 aromatic rings. The molecular formula is C28H22F3N7O. The number of nitrogens with zero attached hydrogens (tertiary/aromatic N) is 5. The van der Waals surface area contributed by atoms with Gasteiger partial charge in [-0.3, -0.25) is 9.78 Å². The summed E-state index contributed by atoms with van der Waals surface area (Å²) in [7, 11) is 0. The Morgan fingerprint density at radius 2 is 1.97 bits per heavy atom. The predicted molar refractivity (Wildman–Crippen MR) is 141 cm³/mol. The van der Waals surface area contributed by atoms with Crippen molar-refractivity contribution >= 4 is 23.2 Å². The van der Waals surface area contributed by atoms with E-state index in [0.717, 1.165) is 28.8 Å². The molecule has 5 rings (SSSR count). The predicted octanol–water partition coefficient (Wildman–Crippen LogP) is 6.36. The van der Waals surface area contributed by atoms with Gasteiger partial charge in [0.25, 0.3) is 5.91 Å². The second kappa shape index (κ2) is 10.4. The number of anilines is 3. The number of pyridine rings is 1. The van der Waals surface area contributed by atoms with E-state index < -0.39 is 84.7 Å². The Morgan fingerprint density at radius 1 is 1.10 bits per heavy atom. The Labute approximate surface area is 237 Å². The number of nitrogens with one attached hydrogen (secondary N) is 2. The van der Waals surface area contributed by atoms with Crippen LogP contribution in [0, 0.1) is 13.8 Å². The van der Waals surface area contributed by atoms with Crippen LogP contribution in [-0.4, -0.2) is 30.4 Å². The molecule has 0 aliphatic rings. The average Bonchev–Trinajstić information content (AvgIpc) is 3.27. The lowest BCUT2D eigenvalue weighted by Gasteiger charge is -2.14. The van der Waals surface area contributed by atoms with Gasteiger partial charge in [-0.2, -0.15) is 13.2 Å². The summed E-state index contributed by atoms with van der Waals surface area (Å²) < 4.78 is 131. The lowest BCUT2D eigenvalue weighted by atomic mass is 10.1. The van der Waals surface area contributed by atoms with Crippen molar-refractivity contribution in [3.63, 3.8) is 0 Å². The van der Waals surface area contributed by atoms with Gasteiger partial charge in [0.05, 0.1) is 32.8 Å². The topological polar surface area (TPSA) is 97.6 Å². The van der Waals surface area contributed by atoms with Crippen molar-refractivity contribution in [2.24, 2.45) is 0 Å². The molecule has 2 N–H and O–H groups in total. The molecule has 0 saturated heterocycles. The van der Waals surface area contributed by atoms with E-state index in [2.05, 4.69) is 30.6 Å². The van der Waals surface area contributed by atoms with Gasteiger partial charge in [0.1, 0.15) is 1.37 Å². The Kier molecular flexibility index (Phi) is 4.09. The first-order valence-corrected chi connectivity index (χ1v) is 11.0. The summed E-state index contributed by atoms with van der Waals surface area (Å²) in [6.45, 7) is -1.41. The Hall–Kier alpha value is -5.06. The maximum atomic E-state index is 13.8. The smallest absolute Gasteiger partial charge is 0.324 e. The van der Waals surface area contributed by atoms with Crippen LogP contribution < -0.4 is 10.6 Å². The molecule has 8 nitrogen and oxygen atoms in total. The molecule has 0 unspecified atom stereocenters. The summed E-state index contributed by atoms with van der Waals surface area (Å²) in [5.74, 6) is -1.51. The molecule has 0 aliphatic carbocycles. The molecule has 196 valence electrons. The summed E-state index contributed by atoms with van der Waals surface area (Å²) >= 11 is 0. The lowest BCUT2D eigenvalue weighted by molar-refractivity contribution is -0.137. The number of rotatable bonds is 6. The van der Waals surface area contributed by atoms with E-state index in [0.29, 0.717) is 12.1 Å². The number of hydrogen-bond donors (Lipinski definition) is 2. The molecule has 1 amide bonds. The zero-order valence-electron chi connectivity index (χ0n) is 30.7. The van der Waals surface area contributed by atoms with Gasteiger partial charge in [-0.1, -0.05) is 6.07 Å². The van der Waals surface area contributed by atoms with E-state index in [-0.39, 0.29) is 40.1 Å². The molecular weight excluding hydrogens is 507 g/mol. The van der Waals surface area contributed by atoms with E-state index in [1.54, 1.807) is 0 Å². The normalized spacial score (nSPS) is 15.6. The first kappa shape index (κ1) is 15.4. The zero-order chi connectivity index (χ0) is 37.0. The third kappa shape index (κ3) is 5.93. The van der Waals surface area contributed by atoms with Crippen molar-refractivity contribution in [1.29, 1.82) is 0 Å². The molecule has 0 aliphatic heterocycles. The number of aromatic nitrogens is 5. The van der Waals surface area contributed by atoms with Crippen LogP contribution in [0.1, 0.15) is 42.3 Å². The summed E-state index contributed by atoms with van der Waals surface area (Å²) in [6, 6.07) is 3.57. The number of benzene rings is 2. The third-order valence-corrected chi connectivity index (χ3v) is 5.14. The molecule has 0 fully saturated rings. The van der Waals surface area contributed by atoms with Crippen LogP contribution in [0.2, 0.25) is 0 Å². The van der Waals surface area contributed by atoms with Gasteiger partial charge in [0.2, 0.25) is 5.95 Å². The molecule has 3 heterocycles. The number of halogens is 3. The standard InChI is InChI=1S/C28H22F3N7O/c1-17-5-6-19(10-25(17)37-27-33-9-7-24(36-27)20-4-3-8-32-14-20)26(39)35-22-11-21(28(29,30)31)12-23(13-22)38-15-18(2)34-16-38/h3-16H,1-2H3,(H,35,39)(H,33,36,37)/i1D3,3D,4D,7D,8D,9D,14D,15D,16D. The minimum absolute atomic E-state index is 0.0854. The highest BCUT2D eigenvalue weighted by Crippen LogP contribution is 2.33. The van der Waals surface area contributed by atoms with Crippen molar-refractivity contribution in [3.8, 4) is 16.9 Å². The molecule has 0 spiro atoms. The van der Waals surface area contributed by atoms with Crippen molar-refractivity contribution in [3.05, 3.63) is 108 Å². The summed E-state index contributed by atoms with van der Waals surface area (Å²) in [5, 5.41) is 4.88. The largest absolute Gasteiger partial charge is 0.416 e. The maximum Gasteiger partial charge on any atom is 0.416 e. The monoisotopic (exact) mass is 540 g/mol. The van der Waals surface area contributed by atoms with Crippen molar-refractivity contribution in [1.82, 2.24) is 24.5 Å². The lowest BCUT2D eigenvalue weighted by Crippen LogP contribution is -2.14. The van der Waals surface area contributed by atoms with Crippen molar-refractivity contribution in [2.45, 2.75) is 20.0 Å². The highest BCUT2D eigenvalue weighted by atomic mass is 19.4. The Balaban J connectivity index is 1.56. The van der Waals surface area contributed by atoms with E-state index in [9.17, 15) is 18.0 Å². The maximum absolute atomic E-state index is 13.8. The zero-order valence-corrected chi connectivity index (χ0v) is 19.7. The minimum atomic E-state index is -4.89. The number of alkyl halides is 3. The van der Waals surface area contributed by atoms with Crippen LogP contribution in [0.15, 0.2) is 85.5 Å². The van der Waals surface area contributed by atoms with Crippen molar-refractivity contribution < 1.29 is 33.0 Å². The summed E-state index contributed by atoms with van der Waals surface area (Å²) in [6.07, 6.45) is -7.84. The van der Waals surface area contributed by atoms with Crippen molar-refractivity contribution in [2.75, 3.05) is 10.6 Å². The fourth-order valence-electron chi connectivity index (χ4n) is 3.36. The van der Waals surface area contributed by atoms with E-state index in [1.165, 1.54) is 6.92 Å². The van der Waals surface area contributed by atoms with Crippen LogP contribution in [0.25, 0.3) is 16.9 Å². The van der Waals surface area contributed by atoms with Crippen LogP contribution in [0.3, 0.4) is 0 Å². The summed E-state index contributed by atoms with van der Waals surface area (Å²) in [5.41, 5.74) is -3.68. The van der Waals surface area contributed by atoms with E-state index in [1.807, 2.05) is 0 Å². The fourth-order valence-corrected chi connectivity index (χ4v) is 3.36. The molecule has 11 heteroatoms. The number of imidazole rings is 1. The van der Waals surface area contributed by atoms with Gasteiger partial charge in [-0.05, 0) is 67.8 Å². The molecule has 0 radical (unpaired) electrons. The van der Waals surface area contributed by atoms with Crippen LogP contribution in [0.5, 0.6) is 0 Å². The van der Waals surface area contributed by atoms with Crippen LogP contribution in [0.4, 0.5) is 30.5 Å². The second-order valence-electron chi connectivity index (χ2n) is 7.94. The molecule has 2 aromatic carbocycles. The summed E-state index contributed by atoms with van der Waals surface area (Å²) in [4.78, 5) is 28.6. The highest BCUT2D eigenvalue weighted by Gasteiger charge is 2.31. The number of aryl methyl sites for hydroxylation is 2. The van der Waals surface area contributed by atoms with Gasteiger partial charge >= 0.3 is 6.18 Å². The third-order valence-electron chi connectivity index (χ3n) is 5.14. The first-order valence-electron chi connectivity index (χ1n) is 16.5. The van der Waals surface area contributed by atoms with Gasteiger partial charge < -0.3 is 15.2 Å². The Morgan fingerprint density at radius 3 is 2.74 bits per heavy atom. The van der Waals surface area contributed by atoms with Gasteiger partial charge in [0.15, 0.2) is 0 Å². The number of amides is 1. The molecule has 0 bridgehead atoms. The average molecular weight is 541 g/mol. The molecule has 0 atom stereocenters. The molecule has 0 saturated carbocycles. The number of hydrogen-bond acceptors (Lipinski definition) is 6. The first-order chi connectivity index (χ1) is 23.2. The van der Waals surface area contributed by atoms with Gasteiger partial charge in [0, 0.05) is 57.0 Å². The number of carbonyl (C=O) groups excluding carboxylic acids is 1. The van der Waals surface area contributed by atoms with Crippen LogP contribution >= 0.6 is 0 Å². The quantitative estimate of drug-likeness (QED) is 0.260. The number of carbonyl (C=O) groups is 1. The fraction of sp³-hybridized carbons (Fsp3) is 0.107. The van der Waals surface area contributed by atoms with Gasteiger partial charge in [-0.25, -0.2) is 15.0 Å². The minimum Gasteiger partial charge on any atom is -0.324 e. The Bertz CT molecular complexity index is 2190. The van der Waals surface area contributed by atoms with Crippen LogP contribution in [-0.2, 0) is 6.18 Å². The molecule has 39 heavy (non-hydrogen) atoms. The van der Waals surface area contributed by atoms with Gasteiger partial charge in [-0.15, -0.1) is 0 Å². The SMILES string of the molecule is [2H]c1nc(Nc2cc(C(=O)Nc3cc(-n4c([2H])nc(C)c4[2H])cc(C(F)(F)F)c3)ccc2C([2H])([2H])[2H])nc(-c2c([2H])nc([2H])c([2H])c2[2H])c1[2H]. The highest BCUT2D eigenvalue weighted by molar-refractivity contribution is 6.05. The van der Waals surface area contributed by atoms with E-state index in [4.69, 9.17) is 15.1 Å². The second-order valence-corrected chi connectivity index (χ2v) is 7.94. The molecule has 3 aromatic heterocycles. The van der Waals surface area contributed by atoms with E-state index >= 15 is 0 Å².